The van der Waals surface area contributed by atoms with Gasteiger partial charge >= 0.3 is 0 Å². The molecule has 0 spiro atoms. The van der Waals surface area contributed by atoms with Crippen LogP contribution in [0.4, 0.5) is 5.69 Å². The van der Waals surface area contributed by atoms with E-state index >= 15 is 0 Å². The number of nitrogens with one attached hydrogen (secondary N) is 2. The van der Waals surface area contributed by atoms with Crippen LogP contribution in [0.2, 0.25) is 5.02 Å². The minimum Gasteiger partial charge on any atom is -0.387 e. The first-order chi connectivity index (χ1) is 17.1. The lowest BCUT2D eigenvalue weighted by atomic mass is 10.1. The van der Waals surface area contributed by atoms with Gasteiger partial charge in [0.15, 0.2) is 0 Å². The fourth-order valence-corrected chi connectivity index (χ4v) is 3.99. The van der Waals surface area contributed by atoms with E-state index in [-0.39, 0.29) is 12.3 Å². The Morgan fingerprint density at radius 1 is 1.00 bits per heavy atom. The van der Waals surface area contributed by atoms with Gasteiger partial charge in [0, 0.05) is 30.0 Å². The Hall–Kier alpha value is -3.45. The van der Waals surface area contributed by atoms with E-state index in [1.807, 2.05) is 89.6 Å². The van der Waals surface area contributed by atoms with Crippen LogP contribution in [0.3, 0.4) is 0 Å². The van der Waals surface area contributed by atoms with Crippen molar-refractivity contribution in [3.05, 3.63) is 119 Å². The van der Waals surface area contributed by atoms with Crippen LogP contribution >= 0.6 is 11.6 Å². The molecular formula is C28H29ClN4O2. The van der Waals surface area contributed by atoms with Gasteiger partial charge in [-0.15, -0.1) is 0 Å². The van der Waals surface area contributed by atoms with Crippen molar-refractivity contribution >= 4 is 23.2 Å². The molecule has 180 valence electrons. The van der Waals surface area contributed by atoms with E-state index in [0.29, 0.717) is 23.8 Å². The Kier molecular flexibility index (Phi) is 8.68. The normalized spacial score (nSPS) is 11.8. The Morgan fingerprint density at radius 2 is 1.74 bits per heavy atom. The van der Waals surface area contributed by atoms with E-state index in [9.17, 15) is 9.90 Å². The van der Waals surface area contributed by atoms with Gasteiger partial charge in [-0.25, -0.2) is 4.98 Å². The highest BCUT2D eigenvalue weighted by Gasteiger charge is 2.09. The molecule has 0 saturated carbocycles. The van der Waals surface area contributed by atoms with E-state index in [0.717, 1.165) is 35.3 Å². The number of rotatable bonds is 11. The highest BCUT2D eigenvalue weighted by Crippen LogP contribution is 2.17. The third-order valence-electron chi connectivity index (χ3n) is 5.69. The Labute approximate surface area is 210 Å². The van der Waals surface area contributed by atoms with Crippen molar-refractivity contribution in [2.24, 2.45) is 0 Å². The lowest BCUT2D eigenvalue weighted by Crippen LogP contribution is -2.23. The number of benzene rings is 3. The number of anilines is 1. The Morgan fingerprint density at radius 3 is 2.51 bits per heavy atom. The van der Waals surface area contributed by atoms with Crippen LogP contribution in [0.5, 0.6) is 0 Å². The number of nitrogens with zero attached hydrogens (tertiary/aromatic N) is 2. The maximum Gasteiger partial charge on any atom is 0.230 e. The number of aromatic nitrogens is 2. The first-order valence-electron chi connectivity index (χ1n) is 11.6. The summed E-state index contributed by atoms with van der Waals surface area (Å²) in [7, 11) is 0. The molecule has 0 radical (unpaired) electrons. The van der Waals surface area contributed by atoms with Crippen molar-refractivity contribution in [3.63, 3.8) is 0 Å². The molecule has 0 aliphatic carbocycles. The van der Waals surface area contributed by atoms with Crippen LogP contribution in [0.15, 0.2) is 91.4 Å². The van der Waals surface area contributed by atoms with Gasteiger partial charge in [-0.1, -0.05) is 72.3 Å². The average molecular weight is 489 g/mol. The predicted molar refractivity (Wildman–Crippen MR) is 140 cm³/mol. The molecule has 4 rings (SSSR count). The average Bonchev–Trinajstić information content (AvgIpc) is 3.31. The summed E-state index contributed by atoms with van der Waals surface area (Å²) in [6.07, 6.45) is 4.10. The topological polar surface area (TPSA) is 79.2 Å². The molecule has 35 heavy (non-hydrogen) atoms. The molecule has 1 heterocycles. The standard InChI is InChI=1S/C28H29ClN4O2/c29-26-9-5-4-8-23(26)18-33-19-25(31-20-33)16-28(35)32-24-12-10-21(11-13-24)14-15-30-17-27(34)22-6-2-1-3-7-22/h1-13,19-20,27,30,34H,14-18H2,(H,32,35). The van der Waals surface area contributed by atoms with E-state index < -0.39 is 6.10 Å². The first kappa shape index (κ1) is 24.7. The van der Waals surface area contributed by atoms with Crippen LogP contribution in [-0.2, 0) is 24.2 Å². The van der Waals surface area contributed by atoms with Gasteiger partial charge < -0.3 is 20.3 Å². The Bertz CT molecular complexity index is 1230. The summed E-state index contributed by atoms with van der Waals surface area (Å²) in [5.41, 5.74) is 4.53. The summed E-state index contributed by atoms with van der Waals surface area (Å²) in [5, 5.41) is 17.1. The Balaban J connectivity index is 1.19. The SMILES string of the molecule is O=C(Cc1cn(Cc2ccccc2Cl)cn1)Nc1ccc(CCNCC(O)c2ccccc2)cc1. The number of hydrogen-bond acceptors (Lipinski definition) is 4. The highest BCUT2D eigenvalue weighted by molar-refractivity contribution is 6.31. The molecule has 3 N–H and O–H groups in total. The van der Waals surface area contributed by atoms with Gasteiger partial charge in [0.25, 0.3) is 0 Å². The van der Waals surface area contributed by atoms with E-state index in [1.54, 1.807) is 6.33 Å². The molecule has 7 heteroatoms. The van der Waals surface area contributed by atoms with Gasteiger partial charge in [0.2, 0.25) is 5.91 Å². The number of carbonyl (C=O) groups excluding carboxylic acids is 1. The third-order valence-corrected chi connectivity index (χ3v) is 6.06. The second-order valence-electron chi connectivity index (χ2n) is 8.43. The number of aliphatic hydroxyl groups excluding tert-OH is 1. The number of amides is 1. The summed E-state index contributed by atoms with van der Waals surface area (Å²) in [6.45, 7) is 1.87. The summed E-state index contributed by atoms with van der Waals surface area (Å²) < 4.78 is 1.92. The van der Waals surface area contributed by atoms with Crippen LogP contribution in [-0.4, -0.2) is 33.7 Å². The number of halogens is 1. The number of carbonyl (C=O) groups is 1. The number of aliphatic hydroxyl groups is 1. The van der Waals surface area contributed by atoms with Crippen molar-refractivity contribution in [1.82, 2.24) is 14.9 Å². The molecule has 1 atom stereocenters. The maximum atomic E-state index is 12.5. The molecule has 4 aromatic rings. The minimum absolute atomic E-state index is 0.114. The highest BCUT2D eigenvalue weighted by atomic mass is 35.5. The van der Waals surface area contributed by atoms with Gasteiger partial charge in [-0.3, -0.25) is 4.79 Å². The van der Waals surface area contributed by atoms with Crippen LogP contribution in [0.25, 0.3) is 0 Å². The van der Waals surface area contributed by atoms with Gasteiger partial charge in [0.05, 0.1) is 24.5 Å². The molecule has 0 aliphatic heterocycles. The summed E-state index contributed by atoms with van der Waals surface area (Å²) in [4.78, 5) is 16.8. The molecule has 0 saturated heterocycles. The van der Waals surface area contributed by atoms with Crippen molar-refractivity contribution in [1.29, 1.82) is 0 Å². The van der Waals surface area contributed by atoms with Crippen LogP contribution in [0.1, 0.15) is 28.5 Å². The van der Waals surface area contributed by atoms with Gasteiger partial charge in [-0.2, -0.15) is 0 Å². The van der Waals surface area contributed by atoms with E-state index in [1.165, 1.54) is 0 Å². The van der Waals surface area contributed by atoms with Gasteiger partial charge in [-0.05, 0) is 47.9 Å². The lowest BCUT2D eigenvalue weighted by Gasteiger charge is -2.12. The van der Waals surface area contributed by atoms with E-state index in [4.69, 9.17) is 11.6 Å². The van der Waals surface area contributed by atoms with E-state index in [2.05, 4.69) is 15.6 Å². The third kappa shape index (κ3) is 7.52. The molecule has 0 aliphatic rings. The first-order valence-corrected chi connectivity index (χ1v) is 12.0. The monoisotopic (exact) mass is 488 g/mol. The largest absolute Gasteiger partial charge is 0.387 e. The zero-order valence-corrected chi connectivity index (χ0v) is 20.2. The minimum atomic E-state index is -0.517. The van der Waals surface area contributed by atoms with Crippen LogP contribution < -0.4 is 10.6 Å². The molecule has 1 aromatic heterocycles. The summed E-state index contributed by atoms with van der Waals surface area (Å²) in [5.74, 6) is -0.114. The second-order valence-corrected chi connectivity index (χ2v) is 8.84. The summed E-state index contributed by atoms with van der Waals surface area (Å²) >= 11 is 6.23. The molecule has 6 nitrogen and oxygen atoms in total. The zero-order valence-electron chi connectivity index (χ0n) is 19.4. The van der Waals surface area contributed by atoms with Crippen molar-refractivity contribution < 1.29 is 9.90 Å². The number of imidazole rings is 1. The molecule has 3 aromatic carbocycles. The molecule has 1 unspecified atom stereocenters. The predicted octanol–water partition coefficient (Wildman–Crippen LogP) is 4.63. The lowest BCUT2D eigenvalue weighted by molar-refractivity contribution is -0.115. The fraction of sp³-hybridized carbons (Fsp3) is 0.214. The number of hydrogen-bond donors (Lipinski definition) is 3. The van der Waals surface area contributed by atoms with Crippen molar-refractivity contribution in [2.75, 3.05) is 18.4 Å². The maximum absolute atomic E-state index is 12.5. The molecule has 1 amide bonds. The quantitative estimate of drug-likeness (QED) is 0.269. The van der Waals surface area contributed by atoms with Crippen LogP contribution in [0, 0.1) is 0 Å². The zero-order chi connectivity index (χ0) is 24.5. The second kappa shape index (κ2) is 12.3. The van der Waals surface area contributed by atoms with Crippen molar-refractivity contribution in [3.8, 4) is 0 Å². The molecule has 0 fully saturated rings. The van der Waals surface area contributed by atoms with Crippen molar-refractivity contribution in [2.45, 2.75) is 25.5 Å². The smallest absolute Gasteiger partial charge is 0.230 e. The summed E-state index contributed by atoms with van der Waals surface area (Å²) in [6, 6.07) is 25.1. The van der Waals surface area contributed by atoms with Gasteiger partial charge in [0.1, 0.15) is 0 Å². The fourth-order valence-electron chi connectivity index (χ4n) is 3.80. The molecule has 0 bridgehead atoms. The molecular weight excluding hydrogens is 460 g/mol.